The van der Waals surface area contributed by atoms with Gasteiger partial charge in [-0.1, -0.05) is 47.5 Å². The first-order valence-electron chi connectivity index (χ1n) is 6.63. The van der Waals surface area contributed by atoms with Gasteiger partial charge in [0.15, 0.2) is 0 Å². The van der Waals surface area contributed by atoms with Crippen LogP contribution in [0.2, 0.25) is 0 Å². The van der Waals surface area contributed by atoms with E-state index in [4.69, 9.17) is 0 Å². The summed E-state index contributed by atoms with van der Waals surface area (Å²) >= 11 is 0. The van der Waals surface area contributed by atoms with Crippen LogP contribution in [-0.2, 0) is 0 Å². The van der Waals surface area contributed by atoms with E-state index in [0.717, 1.165) is 0 Å². The molecule has 0 spiro atoms. The molecule has 0 aliphatic rings. The Morgan fingerprint density at radius 2 is 1.32 bits per heavy atom. The Balaban J connectivity index is 2.30. The minimum atomic E-state index is 1.18. The van der Waals surface area contributed by atoms with Crippen molar-refractivity contribution in [3.05, 3.63) is 75.5 Å². The molecule has 0 fully saturated rings. The Bertz CT molecular complexity index is 613. The molecule has 19 heavy (non-hydrogen) atoms. The van der Waals surface area contributed by atoms with Gasteiger partial charge in [0.2, 0.25) is 0 Å². The third-order valence-electron chi connectivity index (χ3n) is 3.29. The molecule has 0 amide bonds. The average Bonchev–Trinajstić information content (AvgIpc) is 2.34. The van der Waals surface area contributed by atoms with Gasteiger partial charge in [0.25, 0.3) is 0 Å². The Kier molecular flexibility index (Phi) is 4.04. The summed E-state index contributed by atoms with van der Waals surface area (Å²) in [5.74, 6) is 0. The molecule has 0 aliphatic carbocycles. The molecule has 0 N–H and O–H groups in total. The first-order valence-corrected chi connectivity index (χ1v) is 6.63. The van der Waals surface area contributed by atoms with E-state index in [-0.39, 0.29) is 0 Å². The monoisotopic (exact) mass is 248 g/mol. The standard InChI is InChI=1S/C19H20/c1-14-8-10-18(11-9-14)6-5-7-19-16(3)12-15(2)13-17(19)4/h6-13H,1-4H3. The first kappa shape index (κ1) is 13.4. The Morgan fingerprint density at radius 3 is 1.89 bits per heavy atom. The maximum atomic E-state index is 3.29. The van der Waals surface area contributed by atoms with Gasteiger partial charge in [0.05, 0.1) is 0 Å². The third-order valence-corrected chi connectivity index (χ3v) is 3.29. The fraction of sp³-hybridized carbons (Fsp3) is 0.211. The van der Waals surface area contributed by atoms with Crippen LogP contribution in [0.5, 0.6) is 0 Å². The maximum absolute atomic E-state index is 3.29. The molecular weight excluding hydrogens is 228 g/mol. The predicted octanol–water partition coefficient (Wildman–Crippen LogP) is 5.25. The molecule has 0 aromatic heterocycles. The van der Waals surface area contributed by atoms with Gasteiger partial charge in [-0.3, -0.25) is 0 Å². The summed E-state index contributed by atoms with van der Waals surface area (Å²) in [5.41, 5.74) is 11.0. The Morgan fingerprint density at radius 1 is 0.737 bits per heavy atom. The predicted molar refractivity (Wildman–Crippen MR) is 84.3 cm³/mol. The molecule has 0 heterocycles. The number of rotatable bonds is 2. The van der Waals surface area contributed by atoms with Gasteiger partial charge in [0, 0.05) is 0 Å². The molecular formula is C19H20. The normalized spacial score (nSPS) is 9.89. The second-order valence-corrected chi connectivity index (χ2v) is 5.18. The van der Waals surface area contributed by atoms with E-state index in [0.29, 0.717) is 0 Å². The molecule has 0 nitrogen and oxygen atoms in total. The van der Waals surface area contributed by atoms with Crippen LogP contribution in [0.1, 0.15) is 33.4 Å². The van der Waals surface area contributed by atoms with Crippen LogP contribution in [-0.4, -0.2) is 0 Å². The lowest BCUT2D eigenvalue weighted by molar-refractivity contribution is 1.30. The van der Waals surface area contributed by atoms with Crippen molar-refractivity contribution in [3.8, 4) is 0 Å². The van der Waals surface area contributed by atoms with Gasteiger partial charge in [-0.25, -0.2) is 0 Å². The summed E-state index contributed by atoms with van der Waals surface area (Å²) < 4.78 is 0. The zero-order chi connectivity index (χ0) is 13.8. The molecule has 0 heteroatoms. The molecule has 0 bridgehead atoms. The van der Waals surface area contributed by atoms with Crippen molar-refractivity contribution >= 4 is 12.2 Å². The highest BCUT2D eigenvalue weighted by atomic mass is 14.0. The van der Waals surface area contributed by atoms with Crippen molar-refractivity contribution in [2.45, 2.75) is 27.7 Å². The van der Waals surface area contributed by atoms with Crippen molar-refractivity contribution in [1.29, 1.82) is 0 Å². The lowest BCUT2D eigenvalue weighted by Crippen LogP contribution is -1.87. The van der Waals surface area contributed by atoms with Gasteiger partial charge < -0.3 is 0 Å². The van der Waals surface area contributed by atoms with E-state index in [9.17, 15) is 0 Å². The highest BCUT2D eigenvalue weighted by Crippen LogP contribution is 2.17. The van der Waals surface area contributed by atoms with Gasteiger partial charge in [0.1, 0.15) is 0 Å². The molecule has 0 unspecified atom stereocenters. The van der Waals surface area contributed by atoms with Crippen molar-refractivity contribution < 1.29 is 0 Å². The molecule has 0 saturated carbocycles. The zero-order valence-corrected chi connectivity index (χ0v) is 12.1. The topological polar surface area (TPSA) is 0 Å². The van der Waals surface area contributed by atoms with Gasteiger partial charge in [-0.15, -0.1) is 5.73 Å². The Hall–Kier alpha value is -2.04. The van der Waals surface area contributed by atoms with Gasteiger partial charge in [-0.05, 0) is 62.1 Å². The summed E-state index contributed by atoms with van der Waals surface area (Å²) in [7, 11) is 0. The van der Waals surface area contributed by atoms with E-state index in [1.807, 2.05) is 6.08 Å². The molecule has 0 radical (unpaired) electrons. The summed E-state index contributed by atoms with van der Waals surface area (Å²) in [5, 5.41) is 0. The average molecular weight is 248 g/mol. The van der Waals surface area contributed by atoms with E-state index < -0.39 is 0 Å². The highest BCUT2D eigenvalue weighted by Gasteiger charge is 1.99. The SMILES string of the molecule is Cc1ccc(C=C=Cc2c(C)cc(C)cc2C)cc1. The second-order valence-electron chi connectivity index (χ2n) is 5.18. The highest BCUT2D eigenvalue weighted by molar-refractivity contribution is 5.62. The largest absolute Gasteiger partial charge is 0.120 e. The van der Waals surface area contributed by atoms with Crippen LogP contribution in [0.3, 0.4) is 0 Å². The first-order chi connectivity index (χ1) is 9.06. The minimum absolute atomic E-state index is 1.18. The molecule has 2 rings (SSSR count). The van der Waals surface area contributed by atoms with Crippen LogP contribution in [0.25, 0.3) is 12.2 Å². The van der Waals surface area contributed by atoms with Crippen molar-refractivity contribution in [2.75, 3.05) is 0 Å². The fourth-order valence-electron chi connectivity index (χ4n) is 2.30. The van der Waals surface area contributed by atoms with Gasteiger partial charge in [-0.2, -0.15) is 0 Å². The number of benzene rings is 2. The Labute approximate surface area is 116 Å². The minimum Gasteiger partial charge on any atom is -0.120 e. The number of aryl methyl sites for hydroxylation is 4. The quantitative estimate of drug-likeness (QED) is 0.637. The molecule has 2 aromatic carbocycles. The van der Waals surface area contributed by atoms with Crippen molar-refractivity contribution in [3.63, 3.8) is 0 Å². The number of hydrogen-bond donors (Lipinski definition) is 0. The van der Waals surface area contributed by atoms with Crippen LogP contribution in [0.15, 0.2) is 42.1 Å². The van der Waals surface area contributed by atoms with Crippen LogP contribution < -0.4 is 0 Å². The summed E-state index contributed by atoms with van der Waals surface area (Å²) in [6.45, 7) is 8.54. The van der Waals surface area contributed by atoms with Crippen LogP contribution in [0, 0.1) is 27.7 Å². The summed E-state index contributed by atoms with van der Waals surface area (Å²) in [4.78, 5) is 0. The molecule has 2 aromatic rings. The summed E-state index contributed by atoms with van der Waals surface area (Å²) in [6.07, 6.45) is 4.10. The van der Waals surface area contributed by atoms with Crippen LogP contribution in [0.4, 0.5) is 0 Å². The smallest absolute Gasteiger partial charge is 0.0121 e. The van der Waals surface area contributed by atoms with E-state index >= 15 is 0 Å². The summed E-state index contributed by atoms with van der Waals surface area (Å²) in [6, 6.07) is 12.9. The van der Waals surface area contributed by atoms with E-state index in [1.165, 1.54) is 33.4 Å². The van der Waals surface area contributed by atoms with Crippen LogP contribution >= 0.6 is 0 Å². The maximum Gasteiger partial charge on any atom is -0.0121 e. The van der Waals surface area contributed by atoms with Gasteiger partial charge >= 0.3 is 0 Å². The fourth-order valence-corrected chi connectivity index (χ4v) is 2.30. The lowest BCUT2D eigenvalue weighted by atomic mass is 10.00. The van der Waals surface area contributed by atoms with Crippen molar-refractivity contribution in [1.82, 2.24) is 0 Å². The molecule has 96 valence electrons. The molecule has 0 aliphatic heterocycles. The zero-order valence-electron chi connectivity index (χ0n) is 12.1. The van der Waals surface area contributed by atoms with E-state index in [1.54, 1.807) is 0 Å². The number of hydrogen-bond acceptors (Lipinski definition) is 0. The third kappa shape index (κ3) is 3.47. The van der Waals surface area contributed by atoms with Crippen molar-refractivity contribution in [2.24, 2.45) is 0 Å². The second kappa shape index (κ2) is 5.73. The van der Waals surface area contributed by atoms with E-state index in [2.05, 4.69) is 75.9 Å². The molecule has 0 atom stereocenters. The molecule has 0 saturated heterocycles. The lowest BCUT2D eigenvalue weighted by Gasteiger charge is -2.05.